The van der Waals surface area contributed by atoms with E-state index in [9.17, 15) is 1.37 Å². The Bertz CT molecular complexity index is 3190. The molecule has 10 rings (SSSR count). The van der Waals surface area contributed by atoms with Crippen LogP contribution in [0.25, 0.3) is 95.0 Å². The van der Waals surface area contributed by atoms with Crippen molar-refractivity contribution in [1.82, 2.24) is 19.5 Å². The highest BCUT2D eigenvalue weighted by atomic mass is 15.0. The van der Waals surface area contributed by atoms with Crippen LogP contribution in [0.4, 0.5) is 0 Å². The zero-order valence-electron chi connectivity index (χ0n) is 33.6. The van der Waals surface area contributed by atoms with E-state index in [-0.39, 0.29) is 24.2 Å². The molecule has 258 valence electrons. The van der Waals surface area contributed by atoms with Crippen molar-refractivity contribution in [2.75, 3.05) is 0 Å². The van der Waals surface area contributed by atoms with Crippen LogP contribution in [0.1, 0.15) is 5.48 Å². The minimum absolute atomic E-state index is 0.0789. The lowest BCUT2D eigenvalue weighted by Crippen LogP contribution is -2.01. The molecule has 55 heavy (non-hydrogen) atoms. The number of aromatic nitrogens is 4. The SMILES string of the molecule is [2H]c1c([2H])c([2H])c2c(c1[2H])c1cccc(-c3ccc(-c4ccccc4)cc3)c1n2-c1cccc(-c2nc(-c3ccccc3)nc(-c3cccc(-c4ccccc4)c3)n2)c1. The third kappa shape index (κ3) is 6.06. The topological polar surface area (TPSA) is 43.6 Å². The van der Waals surface area contributed by atoms with Crippen LogP contribution in [0.3, 0.4) is 0 Å². The Balaban J connectivity index is 1.18. The first kappa shape index (κ1) is 28.1. The Labute approximate surface area is 325 Å². The summed E-state index contributed by atoms with van der Waals surface area (Å²) in [7, 11) is 0. The number of para-hydroxylation sites is 2. The van der Waals surface area contributed by atoms with Gasteiger partial charge in [-0.25, -0.2) is 15.0 Å². The second-order valence-electron chi connectivity index (χ2n) is 13.4. The Morgan fingerprint density at radius 1 is 0.364 bits per heavy atom. The standard InChI is InChI=1S/C51H34N4/c1-4-15-35(16-5-1)37-29-31-38(32-30-37)44-26-14-27-46-45-25-10-11-28-47(45)55(48(44)46)43-24-13-23-42(34-43)51-53-49(39-19-8-3-9-20-39)52-50(54-51)41-22-12-21-40(33-41)36-17-6-2-7-18-36/h1-34H/i10D,11D,25D,28D. The molecule has 0 unspecified atom stereocenters. The average Bonchev–Trinajstić information content (AvgIpc) is 3.67. The van der Waals surface area contributed by atoms with Gasteiger partial charge in [-0.1, -0.05) is 182 Å². The summed E-state index contributed by atoms with van der Waals surface area (Å²) < 4.78 is 37.7. The van der Waals surface area contributed by atoms with Crippen molar-refractivity contribution in [3.05, 3.63) is 206 Å². The minimum Gasteiger partial charge on any atom is -0.309 e. The van der Waals surface area contributed by atoms with Gasteiger partial charge in [0.15, 0.2) is 17.5 Å². The van der Waals surface area contributed by atoms with Crippen LogP contribution in [0.2, 0.25) is 0 Å². The zero-order valence-corrected chi connectivity index (χ0v) is 29.6. The summed E-state index contributed by atoms with van der Waals surface area (Å²) in [6.45, 7) is 0. The van der Waals surface area contributed by atoms with Crippen LogP contribution in [-0.4, -0.2) is 19.5 Å². The summed E-state index contributed by atoms with van der Waals surface area (Å²) in [6.07, 6.45) is 0. The second-order valence-corrected chi connectivity index (χ2v) is 13.4. The van der Waals surface area contributed by atoms with Crippen LogP contribution in [0, 0.1) is 0 Å². The fourth-order valence-electron chi connectivity index (χ4n) is 7.33. The molecule has 0 aliphatic heterocycles. The first-order valence-corrected chi connectivity index (χ1v) is 18.2. The van der Waals surface area contributed by atoms with Gasteiger partial charge >= 0.3 is 0 Å². The van der Waals surface area contributed by atoms with Crippen LogP contribution < -0.4 is 0 Å². The number of hydrogen-bond donors (Lipinski definition) is 0. The number of rotatable bonds is 7. The quantitative estimate of drug-likeness (QED) is 0.166. The molecule has 0 saturated carbocycles. The Morgan fingerprint density at radius 3 is 1.55 bits per heavy atom. The fourth-order valence-corrected chi connectivity index (χ4v) is 7.33. The molecule has 0 fully saturated rings. The molecular formula is C51H34N4. The molecule has 0 bridgehead atoms. The Kier molecular flexibility index (Phi) is 7.08. The van der Waals surface area contributed by atoms with Crippen molar-refractivity contribution in [3.8, 4) is 73.2 Å². The molecule has 0 atom stereocenters. The molecule has 0 radical (unpaired) electrons. The third-order valence-corrected chi connectivity index (χ3v) is 9.98. The van der Waals surface area contributed by atoms with E-state index in [2.05, 4.69) is 60.7 Å². The van der Waals surface area contributed by atoms with Gasteiger partial charge in [-0.05, 0) is 52.1 Å². The van der Waals surface area contributed by atoms with Crippen molar-refractivity contribution < 1.29 is 5.48 Å². The lowest BCUT2D eigenvalue weighted by atomic mass is 9.98. The maximum Gasteiger partial charge on any atom is 0.164 e. The van der Waals surface area contributed by atoms with E-state index < -0.39 is 0 Å². The smallest absolute Gasteiger partial charge is 0.164 e. The molecular weight excluding hydrogens is 669 g/mol. The highest BCUT2D eigenvalue weighted by Crippen LogP contribution is 2.39. The number of nitrogens with zero attached hydrogens (tertiary/aromatic N) is 4. The first-order chi connectivity index (χ1) is 28.9. The largest absolute Gasteiger partial charge is 0.309 e. The van der Waals surface area contributed by atoms with Crippen molar-refractivity contribution in [3.63, 3.8) is 0 Å². The van der Waals surface area contributed by atoms with Gasteiger partial charge in [-0.3, -0.25) is 0 Å². The zero-order chi connectivity index (χ0) is 40.0. The minimum atomic E-state index is -0.288. The molecule has 0 saturated heterocycles. The second kappa shape index (κ2) is 13.8. The predicted molar refractivity (Wildman–Crippen MR) is 227 cm³/mol. The molecule has 0 aliphatic carbocycles. The highest BCUT2D eigenvalue weighted by molar-refractivity contribution is 6.13. The van der Waals surface area contributed by atoms with E-state index in [0.717, 1.165) is 61.0 Å². The fraction of sp³-hybridized carbons (Fsp3) is 0. The third-order valence-electron chi connectivity index (χ3n) is 9.98. The summed E-state index contributed by atoms with van der Waals surface area (Å²) in [4.78, 5) is 15.1. The maximum absolute atomic E-state index is 9.25. The molecule has 0 amide bonds. The van der Waals surface area contributed by atoms with Gasteiger partial charge < -0.3 is 4.57 Å². The van der Waals surface area contributed by atoms with Crippen molar-refractivity contribution in [2.24, 2.45) is 0 Å². The van der Waals surface area contributed by atoms with E-state index in [1.165, 1.54) is 0 Å². The van der Waals surface area contributed by atoms with Gasteiger partial charge in [0.1, 0.15) is 0 Å². The van der Waals surface area contributed by atoms with Gasteiger partial charge in [-0.2, -0.15) is 0 Å². The number of benzene rings is 8. The van der Waals surface area contributed by atoms with Gasteiger partial charge in [-0.15, -0.1) is 0 Å². The summed E-state index contributed by atoms with van der Waals surface area (Å²) >= 11 is 0. The molecule has 0 N–H and O–H groups in total. The lowest BCUT2D eigenvalue weighted by Gasteiger charge is -2.14. The molecule has 2 heterocycles. The monoisotopic (exact) mass is 706 g/mol. The Hall–Kier alpha value is -7.43. The molecule has 0 spiro atoms. The van der Waals surface area contributed by atoms with Crippen LogP contribution in [0.15, 0.2) is 206 Å². The Morgan fingerprint density at radius 2 is 0.855 bits per heavy atom. The first-order valence-electron chi connectivity index (χ1n) is 20.2. The van der Waals surface area contributed by atoms with Gasteiger partial charge in [0.05, 0.1) is 16.5 Å². The number of fused-ring (bicyclic) bond motifs is 3. The van der Waals surface area contributed by atoms with Gasteiger partial charge in [0.2, 0.25) is 0 Å². The molecule has 2 aromatic heterocycles. The summed E-state index contributed by atoms with van der Waals surface area (Å²) in [5, 5.41) is 1.19. The number of hydrogen-bond acceptors (Lipinski definition) is 3. The van der Waals surface area contributed by atoms with Crippen molar-refractivity contribution >= 4 is 21.8 Å². The summed E-state index contributed by atoms with van der Waals surface area (Å²) in [5.41, 5.74) is 10.5. The average molecular weight is 707 g/mol. The summed E-state index contributed by atoms with van der Waals surface area (Å²) in [5.74, 6) is 1.54. The van der Waals surface area contributed by atoms with Crippen molar-refractivity contribution in [1.29, 1.82) is 0 Å². The van der Waals surface area contributed by atoms with E-state index in [1.54, 1.807) is 0 Å². The predicted octanol–water partition coefficient (Wildman–Crippen LogP) is 13.0. The van der Waals surface area contributed by atoms with Gasteiger partial charge in [0.25, 0.3) is 0 Å². The molecule has 8 aromatic carbocycles. The van der Waals surface area contributed by atoms with E-state index in [1.807, 2.05) is 126 Å². The molecule has 4 heteroatoms. The van der Waals surface area contributed by atoms with E-state index >= 15 is 0 Å². The van der Waals surface area contributed by atoms with Crippen LogP contribution in [0.5, 0.6) is 0 Å². The normalized spacial score (nSPS) is 12.3. The van der Waals surface area contributed by atoms with Crippen LogP contribution >= 0.6 is 0 Å². The molecule has 4 nitrogen and oxygen atoms in total. The lowest BCUT2D eigenvalue weighted by molar-refractivity contribution is 1.07. The molecule has 0 aliphatic rings. The highest BCUT2D eigenvalue weighted by Gasteiger charge is 2.18. The van der Waals surface area contributed by atoms with E-state index in [4.69, 9.17) is 19.1 Å². The van der Waals surface area contributed by atoms with Crippen molar-refractivity contribution in [2.45, 2.75) is 0 Å². The summed E-state index contributed by atoms with van der Waals surface area (Å²) in [6, 6.07) is 59.9. The van der Waals surface area contributed by atoms with E-state index in [0.29, 0.717) is 34.1 Å². The van der Waals surface area contributed by atoms with Gasteiger partial charge in [0, 0.05) is 38.7 Å². The maximum atomic E-state index is 9.25. The van der Waals surface area contributed by atoms with Crippen LogP contribution in [-0.2, 0) is 0 Å². The molecule has 10 aromatic rings.